The number of ether oxygens (including phenoxy) is 1. The molecule has 1 aromatic rings. The molecule has 2 atom stereocenters. The number of hydrogen-bond donors (Lipinski definition) is 3. The maximum absolute atomic E-state index is 11.6. The maximum Gasteiger partial charge on any atom is 0.251 e. The summed E-state index contributed by atoms with van der Waals surface area (Å²) < 4.78 is 6.33. The molecular formula is C12H19N5O3. The first-order valence-corrected chi connectivity index (χ1v) is 6.40. The average Bonchev–Trinajstić information content (AvgIpc) is 2.69. The van der Waals surface area contributed by atoms with Gasteiger partial charge in [-0.25, -0.2) is 4.68 Å². The molecule has 20 heavy (non-hydrogen) atoms. The van der Waals surface area contributed by atoms with Gasteiger partial charge in [-0.3, -0.25) is 14.9 Å². The summed E-state index contributed by atoms with van der Waals surface area (Å²) in [5.41, 5.74) is 0.743. The number of amides is 2. The van der Waals surface area contributed by atoms with E-state index in [2.05, 4.69) is 21.0 Å². The molecule has 0 radical (unpaired) electrons. The molecular weight excluding hydrogens is 262 g/mol. The highest BCUT2D eigenvalue weighted by Gasteiger charge is 2.26. The van der Waals surface area contributed by atoms with Crippen molar-refractivity contribution in [3.05, 3.63) is 11.8 Å². The number of anilines is 1. The summed E-state index contributed by atoms with van der Waals surface area (Å²) in [4.78, 5) is 23.2. The van der Waals surface area contributed by atoms with Gasteiger partial charge in [0, 0.05) is 25.6 Å². The second kappa shape index (κ2) is 6.02. The first kappa shape index (κ1) is 14.5. The lowest BCUT2D eigenvalue weighted by atomic mass is 10.2. The van der Waals surface area contributed by atoms with Crippen molar-refractivity contribution in [1.82, 2.24) is 20.4 Å². The molecule has 0 bridgehead atoms. The van der Waals surface area contributed by atoms with Crippen molar-refractivity contribution in [1.29, 1.82) is 0 Å². The molecule has 0 aliphatic carbocycles. The number of nitrogens with zero attached hydrogens (tertiary/aromatic N) is 2. The Kier molecular flexibility index (Phi) is 4.35. The van der Waals surface area contributed by atoms with Crippen LogP contribution < -0.4 is 16.0 Å². The largest absolute Gasteiger partial charge is 0.375 e. The standard InChI is InChI=1S/C12H19N5O3/c1-7-5-10(18)15-12(13-7)17-9(4-8(2)16-17)14-11(19)6-20-3/h4,7,12-13H,5-6H2,1-3H3,(H,14,19)(H,15,18). The fraction of sp³-hybridized carbons (Fsp3) is 0.583. The lowest BCUT2D eigenvalue weighted by Crippen LogP contribution is -2.52. The van der Waals surface area contributed by atoms with Crippen LogP contribution in [0.15, 0.2) is 6.07 Å². The van der Waals surface area contributed by atoms with Gasteiger partial charge in [0.05, 0.1) is 5.69 Å². The van der Waals surface area contributed by atoms with E-state index in [9.17, 15) is 9.59 Å². The number of carbonyl (C=O) groups excluding carboxylic acids is 2. The van der Waals surface area contributed by atoms with Gasteiger partial charge >= 0.3 is 0 Å². The molecule has 1 aliphatic heterocycles. The van der Waals surface area contributed by atoms with Crippen LogP contribution in [0.3, 0.4) is 0 Å². The molecule has 1 saturated heterocycles. The Morgan fingerprint density at radius 3 is 3.05 bits per heavy atom. The van der Waals surface area contributed by atoms with Crippen LogP contribution in [0.25, 0.3) is 0 Å². The quantitative estimate of drug-likeness (QED) is 0.706. The maximum atomic E-state index is 11.6. The highest BCUT2D eigenvalue weighted by atomic mass is 16.5. The first-order valence-electron chi connectivity index (χ1n) is 6.40. The molecule has 1 aromatic heterocycles. The number of methoxy groups -OCH3 is 1. The highest BCUT2D eigenvalue weighted by molar-refractivity contribution is 5.91. The second-order valence-electron chi connectivity index (χ2n) is 4.84. The van der Waals surface area contributed by atoms with Gasteiger partial charge in [-0.05, 0) is 13.8 Å². The van der Waals surface area contributed by atoms with Crippen LogP contribution in [0.5, 0.6) is 0 Å². The Bertz CT molecular complexity index is 513. The molecule has 2 rings (SSSR count). The van der Waals surface area contributed by atoms with Crippen LogP contribution in [0.4, 0.5) is 5.82 Å². The van der Waals surface area contributed by atoms with Crippen molar-refractivity contribution in [3.8, 4) is 0 Å². The fourth-order valence-electron chi connectivity index (χ4n) is 2.11. The van der Waals surface area contributed by atoms with Crippen LogP contribution in [0, 0.1) is 6.92 Å². The highest BCUT2D eigenvalue weighted by Crippen LogP contribution is 2.16. The monoisotopic (exact) mass is 281 g/mol. The van der Waals surface area contributed by atoms with Crippen LogP contribution in [-0.2, 0) is 14.3 Å². The lowest BCUT2D eigenvalue weighted by Gasteiger charge is -2.30. The van der Waals surface area contributed by atoms with E-state index in [0.29, 0.717) is 12.2 Å². The van der Waals surface area contributed by atoms with Crippen molar-refractivity contribution in [2.75, 3.05) is 19.0 Å². The van der Waals surface area contributed by atoms with Crippen LogP contribution in [0.2, 0.25) is 0 Å². The van der Waals surface area contributed by atoms with Crippen LogP contribution in [-0.4, -0.2) is 41.4 Å². The lowest BCUT2D eigenvalue weighted by molar-refractivity contribution is -0.125. The van der Waals surface area contributed by atoms with E-state index in [0.717, 1.165) is 5.69 Å². The molecule has 2 heterocycles. The van der Waals surface area contributed by atoms with Crippen molar-refractivity contribution < 1.29 is 14.3 Å². The minimum atomic E-state index is -0.474. The molecule has 8 heteroatoms. The summed E-state index contributed by atoms with van der Waals surface area (Å²) in [6.45, 7) is 3.70. The van der Waals surface area contributed by atoms with E-state index in [-0.39, 0.29) is 24.5 Å². The normalized spacial score (nSPS) is 22.4. The van der Waals surface area contributed by atoms with E-state index >= 15 is 0 Å². The topological polar surface area (TPSA) is 97.3 Å². The zero-order valence-electron chi connectivity index (χ0n) is 11.8. The third kappa shape index (κ3) is 3.34. The average molecular weight is 281 g/mol. The molecule has 0 saturated carbocycles. The molecule has 110 valence electrons. The Balaban J connectivity index is 2.18. The Labute approximate surface area is 116 Å². The van der Waals surface area contributed by atoms with Crippen molar-refractivity contribution in [3.63, 3.8) is 0 Å². The van der Waals surface area contributed by atoms with Crippen LogP contribution >= 0.6 is 0 Å². The molecule has 2 amide bonds. The van der Waals surface area contributed by atoms with Gasteiger partial charge in [0.2, 0.25) is 5.91 Å². The van der Waals surface area contributed by atoms with Crippen LogP contribution in [0.1, 0.15) is 25.3 Å². The Hall–Kier alpha value is -1.93. The molecule has 0 aromatic carbocycles. The van der Waals surface area contributed by atoms with Crippen molar-refractivity contribution in [2.24, 2.45) is 0 Å². The minimum absolute atomic E-state index is 0.0366. The summed E-state index contributed by atoms with van der Waals surface area (Å²) in [5, 5.41) is 13.0. The SMILES string of the molecule is COCC(=O)Nc1cc(C)nn1C1NC(=O)CC(C)N1. The van der Waals surface area contributed by atoms with Gasteiger partial charge in [0.1, 0.15) is 12.4 Å². The summed E-state index contributed by atoms with van der Waals surface area (Å²) >= 11 is 0. The number of rotatable bonds is 4. The molecule has 1 aliphatic rings. The van der Waals surface area contributed by atoms with Gasteiger partial charge in [-0.15, -0.1) is 0 Å². The van der Waals surface area contributed by atoms with Crippen molar-refractivity contribution in [2.45, 2.75) is 32.6 Å². The van der Waals surface area contributed by atoms with Crippen molar-refractivity contribution >= 4 is 17.6 Å². The number of carbonyl (C=O) groups is 2. The van der Waals surface area contributed by atoms with E-state index in [1.165, 1.54) is 7.11 Å². The van der Waals surface area contributed by atoms with Gasteiger partial charge in [0.15, 0.2) is 6.29 Å². The molecule has 2 unspecified atom stereocenters. The van der Waals surface area contributed by atoms with E-state index in [1.807, 2.05) is 13.8 Å². The van der Waals surface area contributed by atoms with Gasteiger partial charge in [0.25, 0.3) is 5.91 Å². The molecule has 1 fully saturated rings. The number of aromatic nitrogens is 2. The first-order chi connectivity index (χ1) is 9.49. The molecule has 3 N–H and O–H groups in total. The Morgan fingerprint density at radius 2 is 2.40 bits per heavy atom. The minimum Gasteiger partial charge on any atom is -0.375 e. The third-order valence-corrected chi connectivity index (χ3v) is 2.88. The second-order valence-corrected chi connectivity index (χ2v) is 4.84. The van der Waals surface area contributed by atoms with E-state index in [1.54, 1.807) is 10.7 Å². The smallest absolute Gasteiger partial charge is 0.251 e. The van der Waals surface area contributed by atoms with E-state index < -0.39 is 6.29 Å². The third-order valence-electron chi connectivity index (χ3n) is 2.88. The summed E-state index contributed by atoms with van der Waals surface area (Å²) in [7, 11) is 1.45. The number of hydrogen-bond acceptors (Lipinski definition) is 5. The Morgan fingerprint density at radius 1 is 1.65 bits per heavy atom. The summed E-state index contributed by atoms with van der Waals surface area (Å²) in [5.74, 6) is 0.184. The van der Waals surface area contributed by atoms with Gasteiger partial charge < -0.3 is 15.4 Å². The predicted molar refractivity (Wildman–Crippen MR) is 71.9 cm³/mol. The number of nitrogens with one attached hydrogen (secondary N) is 3. The number of aryl methyl sites for hydroxylation is 1. The molecule has 8 nitrogen and oxygen atoms in total. The van der Waals surface area contributed by atoms with Gasteiger partial charge in [-0.2, -0.15) is 5.10 Å². The summed E-state index contributed by atoms with van der Waals surface area (Å²) in [6.07, 6.45) is -0.0555. The zero-order chi connectivity index (χ0) is 14.7. The summed E-state index contributed by atoms with van der Waals surface area (Å²) in [6, 6.07) is 1.78. The zero-order valence-corrected chi connectivity index (χ0v) is 11.8. The molecule has 0 spiro atoms. The van der Waals surface area contributed by atoms with Gasteiger partial charge in [-0.1, -0.05) is 0 Å². The predicted octanol–water partition coefficient (Wildman–Crippen LogP) is -0.269. The van der Waals surface area contributed by atoms with E-state index in [4.69, 9.17) is 4.74 Å². The fourth-order valence-corrected chi connectivity index (χ4v) is 2.11.